The zero-order chi connectivity index (χ0) is 18.4. The number of amides is 1. The lowest BCUT2D eigenvalue weighted by Gasteiger charge is -2.30. The van der Waals surface area contributed by atoms with E-state index in [9.17, 15) is 4.79 Å². The second kappa shape index (κ2) is 8.54. The number of nitrogens with zero attached hydrogens (tertiary/aromatic N) is 1. The van der Waals surface area contributed by atoms with Gasteiger partial charge in [-0.2, -0.15) is 0 Å². The molecule has 1 N–H and O–H groups in total. The molecule has 0 bridgehead atoms. The van der Waals surface area contributed by atoms with Gasteiger partial charge in [-0.3, -0.25) is 4.79 Å². The molecule has 1 aliphatic heterocycles. The van der Waals surface area contributed by atoms with Crippen LogP contribution in [0, 0.1) is 6.92 Å². The molecule has 1 heterocycles. The monoisotopic (exact) mass is 352 g/mol. The topological polar surface area (TPSA) is 50.8 Å². The summed E-state index contributed by atoms with van der Waals surface area (Å²) in [6.07, 6.45) is 3.31. The summed E-state index contributed by atoms with van der Waals surface area (Å²) in [6, 6.07) is 13.7. The van der Waals surface area contributed by atoms with Crippen LogP contribution in [-0.4, -0.2) is 39.3 Å². The standard InChI is InChI=1S/C21H24N2O3/c1-16-7-9-20(25-2)17(15-16)8-10-21(24)22-18-5-3-4-6-19(18)23-11-13-26-14-12-23/h3-10,15H,11-14H2,1-2H3,(H,22,24). The molecule has 3 rings (SSSR count). The Kier molecular flexibility index (Phi) is 5.92. The van der Waals surface area contributed by atoms with Crippen LogP contribution < -0.4 is 15.0 Å². The minimum Gasteiger partial charge on any atom is -0.496 e. The quantitative estimate of drug-likeness (QED) is 0.837. The van der Waals surface area contributed by atoms with E-state index >= 15 is 0 Å². The molecule has 136 valence electrons. The van der Waals surface area contributed by atoms with Crippen molar-refractivity contribution in [3.8, 4) is 5.75 Å². The van der Waals surface area contributed by atoms with Gasteiger partial charge in [0.1, 0.15) is 5.75 Å². The molecule has 2 aromatic rings. The van der Waals surface area contributed by atoms with Crippen LogP contribution in [0.25, 0.3) is 6.08 Å². The minimum atomic E-state index is -0.172. The van der Waals surface area contributed by atoms with Crippen molar-refractivity contribution < 1.29 is 14.3 Å². The lowest BCUT2D eigenvalue weighted by Crippen LogP contribution is -2.36. The normalized spacial score (nSPS) is 14.5. The zero-order valence-corrected chi connectivity index (χ0v) is 15.2. The van der Waals surface area contributed by atoms with E-state index in [1.165, 1.54) is 6.08 Å². The summed E-state index contributed by atoms with van der Waals surface area (Å²) in [5.41, 5.74) is 3.82. The predicted molar refractivity (Wildman–Crippen MR) is 105 cm³/mol. The van der Waals surface area contributed by atoms with Crippen molar-refractivity contribution in [1.29, 1.82) is 0 Å². The SMILES string of the molecule is COc1ccc(C)cc1C=CC(=O)Nc1ccccc1N1CCOCC1. The fourth-order valence-corrected chi connectivity index (χ4v) is 2.98. The molecule has 0 atom stereocenters. The van der Waals surface area contributed by atoms with E-state index in [1.807, 2.05) is 49.4 Å². The van der Waals surface area contributed by atoms with Crippen molar-refractivity contribution in [2.75, 3.05) is 43.6 Å². The Bertz CT molecular complexity index is 796. The second-order valence-electron chi connectivity index (χ2n) is 6.18. The van der Waals surface area contributed by atoms with E-state index < -0.39 is 0 Å². The molecule has 5 heteroatoms. The van der Waals surface area contributed by atoms with Gasteiger partial charge in [0, 0.05) is 24.7 Å². The van der Waals surface area contributed by atoms with E-state index in [2.05, 4.69) is 10.2 Å². The smallest absolute Gasteiger partial charge is 0.248 e. The van der Waals surface area contributed by atoms with E-state index in [0.717, 1.165) is 41.3 Å². The Hall–Kier alpha value is -2.79. The minimum absolute atomic E-state index is 0.172. The summed E-state index contributed by atoms with van der Waals surface area (Å²) in [4.78, 5) is 14.7. The number of carbonyl (C=O) groups excluding carboxylic acids is 1. The number of para-hydroxylation sites is 2. The third-order valence-electron chi connectivity index (χ3n) is 4.31. The Morgan fingerprint density at radius 2 is 1.96 bits per heavy atom. The van der Waals surface area contributed by atoms with Gasteiger partial charge in [0.15, 0.2) is 0 Å². The first-order valence-electron chi connectivity index (χ1n) is 8.73. The third-order valence-corrected chi connectivity index (χ3v) is 4.31. The van der Waals surface area contributed by atoms with Gasteiger partial charge in [0.25, 0.3) is 0 Å². The van der Waals surface area contributed by atoms with Crippen LogP contribution in [0.3, 0.4) is 0 Å². The molecule has 1 saturated heterocycles. The largest absolute Gasteiger partial charge is 0.496 e. The summed E-state index contributed by atoms with van der Waals surface area (Å²) in [5.74, 6) is 0.572. The molecular weight excluding hydrogens is 328 g/mol. The molecule has 0 unspecified atom stereocenters. The Balaban J connectivity index is 1.73. The molecule has 0 spiro atoms. The summed E-state index contributed by atoms with van der Waals surface area (Å²) in [7, 11) is 1.63. The van der Waals surface area contributed by atoms with Gasteiger partial charge >= 0.3 is 0 Å². The number of anilines is 2. The number of morpholine rings is 1. The Morgan fingerprint density at radius 1 is 1.19 bits per heavy atom. The maximum Gasteiger partial charge on any atom is 0.248 e. The molecule has 0 radical (unpaired) electrons. The number of hydrogen-bond donors (Lipinski definition) is 1. The van der Waals surface area contributed by atoms with E-state index in [1.54, 1.807) is 13.2 Å². The molecule has 1 fully saturated rings. The van der Waals surface area contributed by atoms with Crippen molar-refractivity contribution in [2.45, 2.75) is 6.92 Å². The van der Waals surface area contributed by atoms with Crippen LogP contribution in [0.4, 0.5) is 11.4 Å². The summed E-state index contributed by atoms with van der Waals surface area (Å²) >= 11 is 0. The van der Waals surface area contributed by atoms with Crippen molar-refractivity contribution >= 4 is 23.4 Å². The molecule has 2 aromatic carbocycles. The van der Waals surface area contributed by atoms with Gasteiger partial charge in [-0.05, 0) is 37.3 Å². The lowest BCUT2D eigenvalue weighted by atomic mass is 10.1. The molecule has 0 aromatic heterocycles. The fraction of sp³-hybridized carbons (Fsp3) is 0.286. The Morgan fingerprint density at radius 3 is 2.73 bits per heavy atom. The summed E-state index contributed by atoms with van der Waals surface area (Å²) < 4.78 is 10.8. The molecule has 26 heavy (non-hydrogen) atoms. The lowest BCUT2D eigenvalue weighted by molar-refractivity contribution is -0.111. The highest BCUT2D eigenvalue weighted by molar-refractivity contribution is 6.04. The number of ether oxygens (including phenoxy) is 2. The number of rotatable bonds is 5. The van der Waals surface area contributed by atoms with Crippen LogP contribution in [0.5, 0.6) is 5.75 Å². The first kappa shape index (κ1) is 18.0. The van der Waals surface area contributed by atoms with Gasteiger partial charge in [0.2, 0.25) is 5.91 Å². The van der Waals surface area contributed by atoms with Crippen LogP contribution in [-0.2, 0) is 9.53 Å². The van der Waals surface area contributed by atoms with E-state index in [0.29, 0.717) is 13.2 Å². The number of nitrogens with one attached hydrogen (secondary N) is 1. The molecule has 1 aliphatic rings. The zero-order valence-electron chi connectivity index (χ0n) is 15.2. The first-order valence-corrected chi connectivity index (χ1v) is 8.73. The summed E-state index contributed by atoms with van der Waals surface area (Å²) in [6.45, 7) is 5.06. The molecule has 0 saturated carbocycles. The average Bonchev–Trinajstić information content (AvgIpc) is 2.67. The van der Waals surface area contributed by atoms with Gasteiger partial charge in [0.05, 0.1) is 31.7 Å². The van der Waals surface area contributed by atoms with Gasteiger partial charge < -0.3 is 19.7 Å². The number of carbonyl (C=O) groups is 1. The van der Waals surface area contributed by atoms with Crippen molar-refractivity contribution in [1.82, 2.24) is 0 Å². The van der Waals surface area contributed by atoms with Gasteiger partial charge in [-0.25, -0.2) is 0 Å². The maximum absolute atomic E-state index is 12.4. The Labute approximate surface area is 154 Å². The highest BCUT2D eigenvalue weighted by Gasteiger charge is 2.15. The average molecular weight is 352 g/mol. The number of aryl methyl sites for hydroxylation is 1. The van der Waals surface area contributed by atoms with Crippen LogP contribution in [0.15, 0.2) is 48.5 Å². The van der Waals surface area contributed by atoms with Crippen LogP contribution in [0.2, 0.25) is 0 Å². The van der Waals surface area contributed by atoms with Gasteiger partial charge in [-0.15, -0.1) is 0 Å². The molecular formula is C21H24N2O3. The van der Waals surface area contributed by atoms with Crippen molar-refractivity contribution in [3.63, 3.8) is 0 Å². The van der Waals surface area contributed by atoms with E-state index in [-0.39, 0.29) is 5.91 Å². The number of hydrogen-bond acceptors (Lipinski definition) is 4. The highest BCUT2D eigenvalue weighted by Crippen LogP contribution is 2.26. The fourth-order valence-electron chi connectivity index (χ4n) is 2.98. The first-order chi connectivity index (χ1) is 12.7. The number of benzene rings is 2. The number of methoxy groups -OCH3 is 1. The highest BCUT2D eigenvalue weighted by atomic mass is 16.5. The second-order valence-corrected chi connectivity index (χ2v) is 6.18. The maximum atomic E-state index is 12.4. The van der Waals surface area contributed by atoms with Crippen molar-refractivity contribution in [3.05, 3.63) is 59.7 Å². The van der Waals surface area contributed by atoms with Gasteiger partial charge in [-0.1, -0.05) is 23.8 Å². The molecule has 1 amide bonds. The predicted octanol–water partition coefficient (Wildman–Crippen LogP) is 3.49. The molecule has 0 aliphatic carbocycles. The van der Waals surface area contributed by atoms with E-state index in [4.69, 9.17) is 9.47 Å². The third kappa shape index (κ3) is 4.43. The van der Waals surface area contributed by atoms with Crippen molar-refractivity contribution in [2.24, 2.45) is 0 Å². The van der Waals surface area contributed by atoms with Crippen LogP contribution in [0.1, 0.15) is 11.1 Å². The van der Waals surface area contributed by atoms with Crippen LogP contribution >= 0.6 is 0 Å². The summed E-state index contributed by atoms with van der Waals surface area (Å²) in [5, 5.41) is 2.98. The molecule has 5 nitrogen and oxygen atoms in total.